The molecule has 1 aliphatic rings. The van der Waals surface area contributed by atoms with Gasteiger partial charge in [0, 0.05) is 18.7 Å². The van der Waals surface area contributed by atoms with Crippen LogP contribution < -0.4 is 20.9 Å². The quantitative estimate of drug-likeness (QED) is 0.222. The number of ether oxygens (including phenoxy) is 2. The molecule has 12 nitrogen and oxygen atoms in total. The van der Waals surface area contributed by atoms with Gasteiger partial charge < -0.3 is 19.1 Å². The minimum atomic E-state index is -4.60. The van der Waals surface area contributed by atoms with Crippen molar-refractivity contribution in [1.82, 2.24) is 14.6 Å². The van der Waals surface area contributed by atoms with Crippen molar-refractivity contribution < 1.29 is 41.8 Å². The number of carbonyl (C=O) groups is 1. The minimum Gasteiger partial charge on any atom is -0.462 e. The number of carbonyl (C=O) groups excluding carboxylic acids is 1. The third kappa shape index (κ3) is 7.08. The summed E-state index contributed by atoms with van der Waals surface area (Å²) in [5.74, 6) is -0.736. The molecule has 0 bridgehead atoms. The Morgan fingerprint density at radius 2 is 1.90 bits per heavy atom. The molecule has 2 heterocycles. The average molecular weight is 598 g/mol. The summed E-state index contributed by atoms with van der Waals surface area (Å²) in [6.45, 7) is 3.50. The van der Waals surface area contributed by atoms with Crippen LogP contribution in [0.3, 0.4) is 0 Å². The molecular weight excluding hydrogens is 567 g/mol. The zero-order chi connectivity index (χ0) is 29.9. The van der Waals surface area contributed by atoms with E-state index in [1.165, 1.54) is 13.0 Å². The SMILES string of the molecule is CC(C)OC(=O)[C@H](C)NP(=O)(OC[C@]1(C(F)F)C[C@@H](O)[C@H](n2ccc(=O)[nH]c2=O)O1)Oc1ccc2ccccc2c1. The molecule has 15 heteroatoms. The lowest BCUT2D eigenvalue weighted by atomic mass is 10.0. The Morgan fingerprint density at radius 1 is 1.20 bits per heavy atom. The van der Waals surface area contributed by atoms with E-state index in [1.54, 1.807) is 38.1 Å². The number of esters is 1. The lowest BCUT2D eigenvalue weighted by Crippen LogP contribution is -2.44. The van der Waals surface area contributed by atoms with Crippen molar-refractivity contribution in [2.75, 3.05) is 6.61 Å². The highest BCUT2D eigenvalue weighted by Crippen LogP contribution is 2.49. The molecule has 5 atom stereocenters. The van der Waals surface area contributed by atoms with Crippen LogP contribution in [-0.2, 0) is 23.4 Å². The molecule has 3 N–H and O–H groups in total. The molecule has 0 amide bonds. The van der Waals surface area contributed by atoms with Crippen LogP contribution in [0.2, 0.25) is 0 Å². The van der Waals surface area contributed by atoms with Gasteiger partial charge in [-0.05, 0) is 43.7 Å². The third-order valence-corrected chi connectivity index (χ3v) is 7.87. The molecule has 4 rings (SSSR count). The van der Waals surface area contributed by atoms with Gasteiger partial charge in [0.1, 0.15) is 17.9 Å². The Hall–Kier alpha value is -3.42. The first-order chi connectivity index (χ1) is 19.3. The van der Waals surface area contributed by atoms with Gasteiger partial charge >= 0.3 is 19.4 Å². The third-order valence-electron chi connectivity index (χ3n) is 6.24. The number of hydrogen-bond acceptors (Lipinski definition) is 9. The van der Waals surface area contributed by atoms with Crippen LogP contribution in [0.5, 0.6) is 5.75 Å². The number of aliphatic hydroxyl groups is 1. The van der Waals surface area contributed by atoms with E-state index in [4.69, 9.17) is 18.5 Å². The van der Waals surface area contributed by atoms with Crippen LogP contribution in [0.4, 0.5) is 8.78 Å². The Bertz CT molecular complexity index is 1560. The maximum absolute atomic E-state index is 14.4. The molecule has 1 aliphatic heterocycles. The number of benzene rings is 2. The summed E-state index contributed by atoms with van der Waals surface area (Å²) in [5, 5.41) is 14.5. The molecule has 1 unspecified atom stereocenters. The average Bonchev–Trinajstić information content (AvgIpc) is 3.24. The Labute approximate surface area is 232 Å². The number of fused-ring (bicyclic) bond motifs is 1. The van der Waals surface area contributed by atoms with E-state index in [9.17, 15) is 32.8 Å². The summed E-state index contributed by atoms with van der Waals surface area (Å²) >= 11 is 0. The number of aromatic nitrogens is 2. The van der Waals surface area contributed by atoms with Crippen LogP contribution in [0.25, 0.3) is 10.8 Å². The van der Waals surface area contributed by atoms with E-state index in [0.717, 1.165) is 27.6 Å². The van der Waals surface area contributed by atoms with E-state index in [-0.39, 0.29) is 5.75 Å². The van der Waals surface area contributed by atoms with Gasteiger partial charge in [-0.3, -0.25) is 23.7 Å². The molecule has 41 heavy (non-hydrogen) atoms. The maximum Gasteiger partial charge on any atom is 0.459 e. The van der Waals surface area contributed by atoms with Gasteiger partial charge in [0.05, 0.1) is 12.7 Å². The summed E-state index contributed by atoms with van der Waals surface area (Å²) in [6.07, 6.45) is -6.72. The van der Waals surface area contributed by atoms with Crippen molar-refractivity contribution >= 4 is 24.5 Å². The molecule has 2 aromatic carbocycles. The predicted molar refractivity (Wildman–Crippen MR) is 143 cm³/mol. The molecule has 3 aromatic rings. The number of aromatic amines is 1. The fourth-order valence-corrected chi connectivity index (χ4v) is 5.80. The van der Waals surface area contributed by atoms with E-state index < -0.39 is 74.5 Å². The molecular formula is C26H30F2N3O9P. The smallest absolute Gasteiger partial charge is 0.459 e. The van der Waals surface area contributed by atoms with Crippen molar-refractivity contribution in [3.63, 3.8) is 0 Å². The van der Waals surface area contributed by atoms with Crippen molar-refractivity contribution in [3.8, 4) is 5.75 Å². The van der Waals surface area contributed by atoms with Crippen LogP contribution in [0, 0.1) is 0 Å². The zero-order valence-corrected chi connectivity index (χ0v) is 23.3. The number of H-pyrrole nitrogens is 1. The molecule has 1 saturated heterocycles. The second-order valence-electron chi connectivity index (χ2n) is 9.87. The number of rotatable bonds is 11. The summed E-state index contributed by atoms with van der Waals surface area (Å²) in [7, 11) is -4.60. The van der Waals surface area contributed by atoms with Crippen LogP contribution in [-0.4, -0.2) is 57.5 Å². The van der Waals surface area contributed by atoms with Crippen molar-refractivity contribution in [2.45, 2.75) is 63.7 Å². The van der Waals surface area contributed by atoms with Gasteiger partial charge in [-0.15, -0.1) is 0 Å². The number of nitrogens with one attached hydrogen (secondary N) is 2. The second-order valence-corrected chi connectivity index (χ2v) is 11.6. The number of halogens is 2. The van der Waals surface area contributed by atoms with Gasteiger partial charge in [0.15, 0.2) is 11.8 Å². The van der Waals surface area contributed by atoms with E-state index >= 15 is 0 Å². The van der Waals surface area contributed by atoms with Crippen molar-refractivity contribution in [1.29, 1.82) is 0 Å². The van der Waals surface area contributed by atoms with E-state index in [2.05, 4.69) is 5.09 Å². The van der Waals surface area contributed by atoms with Gasteiger partial charge in [-0.2, -0.15) is 5.09 Å². The van der Waals surface area contributed by atoms with Gasteiger partial charge in [0.25, 0.3) is 12.0 Å². The number of hydrogen-bond donors (Lipinski definition) is 3. The zero-order valence-electron chi connectivity index (χ0n) is 22.4. The Morgan fingerprint density at radius 3 is 2.56 bits per heavy atom. The van der Waals surface area contributed by atoms with Crippen LogP contribution in [0.1, 0.15) is 33.4 Å². The Balaban J connectivity index is 1.61. The van der Waals surface area contributed by atoms with Gasteiger partial charge in [-0.25, -0.2) is 18.1 Å². The summed E-state index contributed by atoms with van der Waals surface area (Å²) in [6, 6.07) is 11.7. The first-order valence-corrected chi connectivity index (χ1v) is 14.2. The molecule has 0 aliphatic carbocycles. The van der Waals surface area contributed by atoms with Crippen molar-refractivity contribution in [3.05, 3.63) is 75.6 Å². The molecule has 1 aromatic heterocycles. The fourth-order valence-electron chi connectivity index (χ4n) is 4.26. The Kier molecular flexibility index (Phi) is 9.10. The number of nitrogens with zero attached hydrogens (tertiary/aromatic N) is 1. The van der Waals surface area contributed by atoms with Gasteiger partial charge in [-0.1, -0.05) is 30.3 Å². The summed E-state index contributed by atoms with van der Waals surface area (Å²) in [5.41, 5.74) is -4.26. The highest BCUT2D eigenvalue weighted by molar-refractivity contribution is 7.52. The predicted octanol–water partition coefficient (Wildman–Crippen LogP) is 3.11. The summed E-state index contributed by atoms with van der Waals surface area (Å²) < 4.78 is 65.3. The standard InChI is InChI=1S/C26H30F2N3O9P/c1-15(2)38-23(34)16(3)30-41(36,40-19-9-8-17-6-4-5-7-18(17)12-19)37-14-26(24(27)28)13-20(32)22(39-26)31-11-10-21(33)29-25(31)35/h4-12,15-16,20,22,24,32H,13-14H2,1-3H3,(H,30,36)(H,29,33,35)/t16-,20+,22+,26-,41?/m0/s1. The number of aliphatic hydroxyl groups excluding tert-OH is 1. The molecule has 0 saturated carbocycles. The lowest BCUT2D eigenvalue weighted by Gasteiger charge is -2.30. The molecule has 0 radical (unpaired) electrons. The summed E-state index contributed by atoms with van der Waals surface area (Å²) in [4.78, 5) is 38.0. The normalized spacial score (nSPS) is 23.0. The molecule has 222 valence electrons. The monoisotopic (exact) mass is 597 g/mol. The van der Waals surface area contributed by atoms with Crippen LogP contribution >= 0.6 is 7.75 Å². The van der Waals surface area contributed by atoms with E-state index in [1.807, 2.05) is 17.1 Å². The highest BCUT2D eigenvalue weighted by Gasteiger charge is 2.55. The van der Waals surface area contributed by atoms with E-state index in [0.29, 0.717) is 0 Å². The maximum atomic E-state index is 14.4. The minimum absolute atomic E-state index is 0.0556. The molecule has 0 spiro atoms. The number of alkyl halides is 2. The highest BCUT2D eigenvalue weighted by atomic mass is 31.2. The first-order valence-electron chi connectivity index (χ1n) is 12.7. The van der Waals surface area contributed by atoms with Crippen LogP contribution in [0.15, 0.2) is 64.3 Å². The largest absolute Gasteiger partial charge is 0.462 e. The topological polar surface area (TPSA) is 158 Å². The van der Waals surface area contributed by atoms with Crippen molar-refractivity contribution in [2.24, 2.45) is 0 Å². The fraction of sp³-hybridized carbons (Fsp3) is 0.423. The molecule has 1 fully saturated rings. The first kappa shape index (κ1) is 30.5. The lowest BCUT2D eigenvalue weighted by molar-refractivity contribution is -0.170. The second kappa shape index (κ2) is 12.2. The van der Waals surface area contributed by atoms with Gasteiger partial charge in [0.2, 0.25) is 0 Å².